The number of amides is 4. The van der Waals surface area contributed by atoms with Gasteiger partial charge in [0.25, 0.3) is 5.91 Å². The lowest BCUT2D eigenvalue weighted by molar-refractivity contribution is -0.136. The van der Waals surface area contributed by atoms with E-state index in [-0.39, 0.29) is 37.1 Å². The number of benzene rings is 1. The lowest BCUT2D eigenvalue weighted by Gasteiger charge is -2.40. The third kappa shape index (κ3) is 4.04. The number of urea groups is 1. The molecule has 8 nitrogen and oxygen atoms in total. The average molecular weight is 456 g/mol. The van der Waals surface area contributed by atoms with Crippen LogP contribution in [-0.4, -0.2) is 53.1 Å². The molecule has 178 valence electrons. The van der Waals surface area contributed by atoms with E-state index in [9.17, 15) is 14.4 Å². The maximum Gasteiger partial charge on any atom is 0.325 e. The van der Waals surface area contributed by atoms with Gasteiger partial charge in [-0.25, -0.2) is 4.79 Å². The molecule has 1 saturated carbocycles. The molecule has 1 aromatic rings. The Balaban J connectivity index is 1.23. The van der Waals surface area contributed by atoms with Gasteiger partial charge in [0.1, 0.15) is 5.54 Å². The van der Waals surface area contributed by atoms with Gasteiger partial charge in [-0.2, -0.15) is 0 Å². The van der Waals surface area contributed by atoms with Crippen molar-refractivity contribution in [1.29, 1.82) is 0 Å². The summed E-state index contributed by atoms with van der Waals surface area (Å²) in [4.78, 5) is 42.5. The van der Waals surface area contributed by atoms with Crippen LogP contribution in [0.2, 0.25) is 0 Å². The first-order valence-corrected chi connectivity index (χ1v) is 12.3. The van der Waals surface area contributed by atoms with Crippen LogP contribution in [0.5, 0.6) is 11.5 Å². The van der Waals surface area contributed by atoms with Gasteiger partial charge in [-0.3, -0.25) is 14.5 Å². The van der Waals surface area contributed by atoms with Gasteiger partial charge in [0.05, 0.1) is 6.54 Å². The largest absolute Gasteiger partial charge is 0.454 e. The second-order valence-corrected chi connectivity index (χ2v) is 9.84. The van der Waals surface area contributed by atoms with Crippen LogP contribution in [0.1, 0.15) is 63.9 Å². The highest BCUT2D eigenvalue weighted by Crippen LogP contribution is 2.38. The molecule has 3 fully saturated rings. The molecule has 4 amide bonds. The van der Waals surface area contributed by atoms with Crippen molar-refractivity contribution < 1.29 is 23.9 Å². The number of carbonyl (C=O) groups excluding carboxylic acids is 3. The Kier molecular flexibility index (Phi) is 5.93. The quantitative estimate of drug-likeness (QED) is 0.664. The van der Waals surface area contributed by atoms with E-state index in [1.165, 1.54) is 30.6 Å². The monoisotopic (exact) mass is 455 g/mol. The summed E-state index contributed by atoms with van der Waals surface area (Å²) in [6, 6.07) is 5.14. The maximum absolute atomic E-state index is 13.6. The van der Waals surface area contributed by atoms with Crippen molar-refractivity contribution in [2.45, 2.75) is 70.4 Å². The van der Waals surface area contributed by atoms with Gasteiger partial charge >= 0.3 is 6.03 Å². The van der Waals surface area contributed by atoms with Crippen LogP contribution < -0.4 is 14.8 Å². The Labute approximate surface area is 194 Å². The van der Waals surface area contributed by atoms with E-state index in [1.54, 1.807) is 0 Å². The van der Waals surface area contributed by atoms with Crippen molar-refractivity contribution in [1.82, 2.24) is 15.1 Å². The van der Waals surface area contributed by atoms with Gasteiger partial charge in [-0.05, 0) is 61.6 Å². The third-order valence-corrected chi connectivity index (χ3v) is 8.02. The van der Waals surface area contributed by atoms with Crippen LogP contribution in [0.15, 0.2) is 18.2 Å². The summed E-state index contributed by atoms with van der Waals surface area (Å²) in [6.45, 7) is 3.65. The number of hydrogen-bond acceptors (Lipinski definition) is 5. The number of hydrogen-bond donors (Lipinski definition) is 1. The lowest BCUT2D eigenvalue weighted by atomic mass is 9.75. The van der Waals surface area contributed by atoms with E-state index >= 15 is 0 Å². The predicted molar refractivity (Wildman–Crippen MR) is 121 cm³/mol. The first-order chi connectivity index (χ1) is 16.0. The molecular weight excluding hydrogens is 422 g/mol. The second kappa shape index (κ2) is 8.88. The molecule has 1 atom stereocenters. The first kappa shape index (κ1) is 22.0. The van der Waals surface area contributed by atoms with E-state index in [4.69, 9.17) is 9.47 Å². The summed E-state index contributed by atoms with van der Waals surface area (Å²) in [7, 11) is 0. The Morgan fingerprint density at radius 1 is 1.09 bits per heavy atom. The minimum absolute atomic E-state index is 0.0243. The van der Waals surface area contributed by atoms with Gasteiger partial charge in [0.15, 0.2) is 11.5 Å². The maximum atomic E-state index is 13.6. The number of rotatable bonds is 6. The molecule has 1 aromatic carbocycles. The molecule has 3 heterocycles. The molecule has 0 bridgehead atoms. The van der Waals surface area contributed by atoms with Crippen molar-refractivity contribution in [2.24, 2.45) is 11.8 Å². The fourth-order valence-corrected chi connectivity index (χ4v) is 6.03. The topological polar surface area (TPSA) is 88.2 Å². The van der Waals surface area contributed by atoms with Crippen molar-refractivity contribution in [2.75, 3.05) is 19.9 Å². The number of nitrogens with zero attached hydrogens (tertiary/aromatic N) is 2. The summed E-state index contributed by atoms with van der Waals surface area (Å²) in [5.74, 6) is 1.96. The smallest absolute Gasteiger partial charge is 0.325 e. The summed E-state index contributed by atoms with van der Waals surface area (Å²) >= 11 is 0. The molecular formula is C25H33N3O5. The molecule has 1 N–H and O–H groups in total. The molecule has 1 aliphatic carbocycles. The molecule has 4 aliphatic rings. The van der Waals surface area contributed by atoms with Crippen LogP contribution in [0.3, 0.4) is 0 Å². The van der Waals surface area contributed by atoms with Crippen LogP contribution in [0.25, 0.3) is 0 Å². The van der Waals surface area contributed by atoms with Crippen LogP contribution in [-0.2, 0) is 16.1 Å². The highest BCUT2D eigenvalue weighted by atomic mass is 16.7. The zero-order valence-electron chi connectivity index (χ0n) is 19.3. The Morgan fingerprint density at radius 2 is 1.82 bits per heavy atom. The molecule has 2 saturated heterocycles. The standard InChI is InChI=1S/C25H33N3O5/c1-2-25(19-9-11-27(12-10-19)22(29)14-17-5-3-4-6-17)23(30)28(24(31)26-25)15-18-7-8-20-21(13-18)33-16-32-20/h7-8,13,17,19H,2-6,9-12,14-16H2,1H3,(H,26,31)/t25-/m1/s1. The Hall–Kier alpha value is -2.77. The summed E-state index contributed by atoms with van der Waals surface area (Å²) in [6.07, 6.45) is 7.47. The predicted octanol–water partition coefficient (Wildman–Crippen LogP) is 3.43. The Bertz CT molecular complexity index is 936. The van der Waals surface area contributed by atoms with Gasteiger partial charge in [-0.15, -0.1) is 0 Å². The highest BCUT2D eigenvalue weighted by molar-refractivity contribution is 6.07. The van der Waals surface area contributed by atoms with Gasteiger partial charge in [-0.1, -0.05) is 25.8 Å². The summed E-state index contributed by atoms with van der Waals surface area (Å²) < 4.78 is 10.8. The number of fused-ring (bicyclic) bond motifs is 1. The van der Waals surface area contributed by atoms with E-state index in [2.05, 4.69) is 5.32 Å². The van der Waals surface area contributed by atoms with Crippen molar-refractivity contribution >= 4 is 17.8 Å². The van der Waals surface area contributed by atoms with Gasteiger partial charge in [0.2, 0.25) is 12.7 Å². The minimum Gasteiger partial charge on any atom is -0.454 e. The third-order valence-electron chi connectivity index (χ3n) is 8.02. The molecule has 0 radical (unpaired) electrons. The van der Waals surface area contributed by atoms with E-state index in [1.807, 2.05) is 30.0 Å². The van der Waals surface area contributed by atoms with Crippen molar-refractivity contribution in [3.8, 4) is 11.5 Å². The van der Waals surface area contributed by atoms with E-state index < -0.39 is 5.54 Å². The fraction of sp³-hybridized carbons (Fsp3) is 0.640. The average Bonchev–Trinajstić information content (AvgIpc) is 3.56. The zero-order valence-corrected chi connectivity index (χ0v) is 19.3. The minimum atomic E-state index is -0.895. The van der Waals surface area contributed by atoms with Crippen molar-refractivity contribution in [3.63, 3.8) is 0 Å². The Morgan fingerprint density at radius 3 is 2.55 bits per heavy atom. The van der Waals surface area contributed by atoms with Gasteiger partial charge in [0, 0.05) is 19.5 Å². The molecule has 33 heavy (non-hydrogen) atoms. The second-order valence-electron chi connectivity index (χ2n) is 9.84. The van der Waals surface area contributed by atoms with Crippen LogP contribution >= 0.6 is 0 Å². The fourth-order valence-electron chi connectivity index (χ4n) is 6.03. The van der Waals surface area contributed by atoms with E-state index in [0.717, 1.165) is 18.4 Å². The van der Waals surface area contributed by atoms with Crippen LogP contribution in [0, 0.1) is 11.8 Å². The highest BCUT2D eigenvalue weighted by Gasteiger charge is 2.55. The molecule has 5 rings (SSSR count). The number of nitrogens with one attached hydrogen (secondary N) is 1. The SMILES string of the molecule is CC[C@]1(C2CCN(C(=O)CC3CCCC3)CC2)NC(=O)N(Cc2ccc3c(c2)OCO3)C1=O. The zero-order chi connectivity index (χ0) is 23.0. The molecule has 3 aliphatic heterocycles. The number of ether oxygens (including phenoxy) is 2. The summed E-state index contributed by atoms with van der Waals surface area (Å²) in [5.41, 5.74) is -0.0735. The number of likely N-dealkylation sites (tertiary alicyclic amines) is 1. The lowest BCUT2D eigenvalue weighted by Crippen LogP contribution is -2.56. The normalized spacial score (nSPS) is 25.7. The van der Waals surface area contributed by atoms with Crippen molar-refractivity contribution in [3.05, 3.63) is 23.8 Å². The molecule has 0 unspecified atom stereocenters. The molecule has 8 heteroatoms. The summed E-state index contributed by atoms with van der Waals surface area (Å²) in [5, 5.41) is 3.04. The molecule has 0 aromatic heterocycles. The first-order valence-electron chi connectivity index (χ1n) is 12.3. The number of imide groups is 1. The number of carbonyl (C=O) groups is 3. The van der Waals surface area contributed by atoms with Gasteiger partial charge < -0.3 is 19.7 Å². The van der Waals surface area contributed by atoms with Crippen LogP contribution in [0.4, 0.5) is 4.79 Å². The number of piperidine rings is 1. The molecule has 0 spiro atoms. The van der Waals surface area contributed by atoms with E-state index in [0.29, 0.717) is 43.3 Å².